The minimum Gasteiger partial charge on any atom is -0.486 e. The summed E-state index contributed by atoms with van der Waals surface area (Å²) in [6, 6.07) is 7.89. The van der Waals surface area contributed by atoms with E-state index in [1.807, 2.05) is 0 Å². The number of carbonyl (C=O) groups excluding carboxylic acids is 1. The van der Waals surface area contributed by atoms with Crippen LogP contribution in [0.1, 0.15) is 15.9 Å². The van der Waals surface area contributed by atoms with E-state index in [1.54, 1.807) is 18.2 Å². The van der Waals surface area contributed by atoms with Gasteiger partial charge in [0, 0.05) is 11.1 Å². The van der Waals surface area contributed by atoms with Crippen molar-refractivity contribution < 1.29 is 23.0 Å². The summed E-state index contributed by atoms with van der Waals surface area (Å²) in [7, 11) is 0. The average molecular weight is 302 g/mol. The quantitative estimate of drug-likeness (QED) is 0.641. The Labute approximate surface area is 125 Å². The smallest absolute Gasteiger partial charge is 0.185 e. The van der Waals surface area contributed by atoms with Crippen molar-refractivity contribution in [2.24, 2.45) is 0 Å². The summed E-state index contributed by atoms with van der Waals surface area (Å²) in [5.41, 5.74) is 0.406. The zero-order valence-electron chi connectivity index (χ0n) is 11.5. The second-order valence-electron chi connectivity index (χ2n) is 4.72. The van der Waals surface area contributed by atoms with Crippen LogP contribution in [0.25, 0.3) is 6.08 Å². The molecule has 0 bridgehead atoms. The van der Waals surface area contributed by atoms with Gasteiger partial charge in [-0.2, -0.15) is 0 Å². The van der Waals surface area contributed by atoms with Gasteiger partial charge in [-0.15, -0.1) is 0 Å². The van der Waals surface area contributed by atoms with E-state index in [4.69, 9.17) is 9.47 Å². The highest BCUT2D eigenvalue weighted by Gasteiger charge is 2.13. The van der Waals surface area contributed by atoms with Crippen molar-refractivity contribution >= 4 is 11.9 Å². The molecule has 0 radical (unpaired) electrons. The third kappa shape index (κ3) is 2.98. The van der Waals surface area contributed by atoms with Crippen molar-refractivity contribution in [1.29, 1.82) is 0 Å². The maximum absolute atomic E-state index is 13.5. The lowest BCUT2D eigenvalue weighted by molar-refractivity contribution is 0.104. The Kier molecular flexibility index (Phi) is 3.87. The van der Waals surface area contributed by atoms with Gasteiger partial charge < -0.3 is 9.47 Å². The van der Waals surface area contributed by atoms with Gasteiger partial charge >= 0.3 is 0 Å². The minimum absolute atomic E-state index is 0.0193. The summed E-state index contributed by atoms with van der Waals surface area (Å²) in [5, 5.41) is 0. The zero-order valence-corrected chi connectivity index (χ0v) is 11.5. The normalized spacial score (nSPS) is 13.4. The summed E-state index contributed by atoms with van der Waals surface area (Å²) >= 11 is 0. The predicted octanol–water partition coefficient (Wildman–Crippen LogP) is 3.63. The Morgan fingerprint density at radius 3 is 2.59 bits per heavy atom. The lowest BCUT2D eigenvalue weighted by Crippen LogP contribution is -2.15. The van der Waals surface area contributed by atoms with E-state index < -0.39 is 11.6 Å². The number of halogens is 2. The molecule has 0 spiro atoms. The van der Waals surface area contributed by atoms with Crippen molar-refractivity contribution in [1.82, 2.24) is 0 Å². The summed E-state index contributed by atoms with van der Waals surface area (Å²) in [5.74, 6) is -0.397. The highest BCUT2D eigenvalue weighted by atomic mass is 19.1. The Morgan fingerprint density at radius 2 is 1.77 bits per heavy atom. The number of hydrogen-bond acceptors (Lipinski definition) is 3. The van der Waals surface area contributed by atoms with Gasteiger partial charge in [0.25, 0.3) is 0 Å². The van der Waals surface area contributed by atoms with Crippen molar-refractivity contribution in [3.63, 3.8) is 0 Å². The molecule has 5 heteroatoms. The van der Waals surface area contributed by atoms with Gasteiger partial charge in [0.1, 0.15) is 24.8 Å². The number of fused-ring (bicyclic) bond motifs is 1. The number of carbonyl (C=O) groups is 1. The van der Waals surface area contributed by atoms with Gasteiger partial charge in [-0.25, -0.2) is 8.78 Å². The molecule has 0 fully saturated rings. The topological polar surface area (TPSA) is 35.5 Å². The molecule has 0 aliphatic carbocycles. The Morgan fingerprint density at radius 1 is 1.00 bits per heavy atom. The van der Waals surface area contributed by atoms with E-state index in [0.717, 1.165) is 18.2 Å². The molecule has 2 aromatic rings. The Hall–Kier alpha value is -2.69. The molecule has 1 heterocycles. The molecule has 112 valence electrons. The number of allylic oxidation sites excluding steroid dienone is 1. The maximum Gasteiger partial charge on any atom is 0.185 e. The monoisotopic (exact) mass is 302 g/mol. The molecule has 0 unspecified atom stereocenters. The van der Waals surface area contributed by atoms with E-state index >= 15 is 0 Å². The van der Waals surface area contributed by atoms with E-state index in [9.17, 15) is 13.6 Å². The largest absolute Gasteiger partial charge is 0.486 e. The number of ether oxygens (including phenoxy) is 2. The molecular formula is C17H12F2O3. The lowest BCUT2D eigenvalue weighted by Gasteiger charge is -2.18. The van der Waals surface area contributed by atoms with Crippen molar-refractivity contribution in [3.8, 4) is 11.5 Å². The van der Waals surface area contributed by atoms with E-state index in [-0.39, 0.29) is 11.3 Å². The SMILES string of the molecule is O=C(/C=C/c1cc(F)ccc1F)c1ccc2c(c1)OCCO2. The summed E-state index contributed by atoms with van der Waals surface area (Å²) < 4.78 is 37.3. The highest BCUT2D eigenvalue weighted by molar-refractivity contribution is 6.07. The van der Waals surface area contributed by atoms with Crippen LogP contribution >= 0.6 is 0 Å². The first-order chi connectivity index (χ1) is 10.6. The van der Waals surface area contributed by atoms with Gasteiger partial charge in [0.05, 0.1) is 0 Å². The van der Waals surface area contributed by atoms with Gasteiger partial charge in [-0.05, 0) is 48.6 Å². The number of benzene rings is 2. The van der Waals surface area contributed by atoms with E-state index in [1.165, 1.54) is 12.2 Å². The van der Waals surface area contributed by atoms with E-state index in [0.29, 0.717) is 30.3 Å². The number of ketones is 1. The van der Waals surface area contributed by atoms with Crippen molar-refractivity contribution in [2.45, 2.75) is 0 Å². The Balaban J connectivity index is 1.82. The third-order valence-electron chi connectivity index (χ3n) is 3.20. The maximum atomic E-state index is 13.5. The van der Waals surface area contributed by atoms with Crippen LogP contribution in [0.15, 0.2) is 42.5 Å². The molecular weight excluding hydrogens is 290 g/mol. The summed E-state index contributed by atoms with van der Waals surface area (Å²) in [6.45, 7) is 0.897. The molecule has 0 saturated carbocycles. The first kappa shape index (κ1) is 14.3. The number of hydrogen-bond donors (Lipinski definition) is 0. The van der Waals surface area contributed by atoms with Crippen molar-refractivity contribution in [3.05, 3.63) is 65.2 Å². The molecule has 0 N–H and O–H groups in total. The fraction of sp³-hybridized carbons (Fsp3) is 0.118. The van der Waals surface area contributed by atoms with Gasteiger partial charge in [0.15, 0.2) is 17.3 Å². The summed E-state index contributed by atoms with van der Waals surface area (Å²) in [4.78, 5) is 12.1. The molecule has 0 atom stereocenters. The molecule has 2 aromatic carbocycles. The molecule has 0 amide bonds. The second kappa shape index (κ2) is 5.97. The average Bonchev–Trinajstić information content (AvgIpc) is 2.55. The van der Waals surface area contributed by atoms with Crippen LogP contribution in [0.3, 0.4) is 0 Å². The van der Waals surface area contributed by atoms with Gasteiger partial charge in [-0.1, -0.05) is 0 Å². The predicted molar refractivity (Wildman–Crippen MR) is 77.2 cm³/mol. The first-order valence-electron chi connectivity index (χ1n) is 6.70. The van der Waals surface area contributed by atoms with Crippen molar-refractivity contribution in [2.75, 3.05) is 13.2 Å². The molecule has 3 rings (SSSR count). The molecule has 1 aliphatic rings. The van der Waals surface area contributed by atoms with Crippen LogP contribution in [0.2, 0.25) is 0 Å². The van der Waals surface area contributed by atoms with E-state index in [2.05, 4.69) is 0 Å². The standard InChI is InChI=1S/C17H12F2O3/c18-13-3-4-14(19)11(9-13)1-5-15(20)12-2-6-16-17(10-12)22-8-7-21-16/h1-6,9-10H,7-8H2/b5-1+. The fourth-order valence-electron chi connectivity index (χ4n) is 2.10. The molecule has 1 aliphatic heterocycles. The van der Waals surface area contributed by atoms with Crippen LogP contribution in [0, 0.1) is 11.6 Å². The van der Waals surface area contributed by atoms with Crippen LogP contribution in [-0.4, -0.2) is 19.0 Å². The molecule has 22 heavy (non-hydrogen) atoms. The van der Waals surface area contributed by atoms with Crippen LogP contribution < -0.4 is 9.47 Å². The lowest BCUT2D eigenvalue weighted by atomic mass is 10.1. The Bertz CT molecular complexity index is 754. The molecule has 3 nitrogen and oxygen atoms in total. The van der Waals surface area contributed by atoms with Crippen LogP contribution in [-0.2, 0) is 0 Å². The third-order valence-corrected chi connectivity index (χ3v) is 3.20. The fourth-order valence-corrected chi connectivity index (χ4v) is 2.10. The van der Waals surface area contributed by atoms with Gasteiger partial charge in [0.2, 0.25) is 0 Å². The van der Waals surface area contributed by atoms with Gasteiger partial charge in [-0.3, -0.25) is 4.79 Å². The minimum atomic E-state index is -0.590. The first-order valence-corrected chi connectivity index (χ1v) is 6.70. The highest BCUT2D eigenvalue weighted by Crippen LogP contribution is 2.31. The number of rotatable bonds is 3. The summed E-state index contributed by atoms with van der Waals surface area (Å²) in [6.07, 6.45) is 2.45. The van der Waals surface area contributed by atoms with Crippen LogP contribution in [0.5, 0.6) is 11.5 Å². The van der Waals surface area contributed by atoms with Crippen LogP contribution in [0.4, 0.5) is 8.78 Å². The second-order valence-corrected chi connectivity index (χ2v) is 4.72. The molecule has 0 aromatic heterocycles. The zero-order chi connectivity index (χ0) is 15.5. The molecule has 0 saturated heterocycles.